The predicted molar refractivity (Wildman–Crippen MR) is 59.8 cm³/mol. The summed E-state index contributed by atoms with van der Waals surface area (Å²) in [4.78, 5) is 16.0. The molecule has 3 nitrogen and oxygen atoms in total. The molecule has 0 aromatic carbocycles. The fourth-order valence-corrected chi connectivity index (χ4v) is 2.11. The van der Waals surface area contributed by atoms with Gasteiger partial charge in [-0.1, -0.05) is 0 Å². The van der Waals surface area contributed by atoms with Crippen LogP contribution < -0.4 is 0 Å². The Morgan fingerprint density at radius 3 is 2.80 bits per heavy atom. The van der Waals surface area contributed by atoms with Crippen LogP contribution >= 0.6 is 15.9 Å². The third-order valence-corrected chi connectivity index (χ3v) is 3.02. The van der Waals surface area contributed by atoms with E-state index < -0.39 is 0 Å². The van der Waals surface area contributed by atoms with Crippen LogP contribution in [-0.4, -0.2) is 24.0 Å². The topological polar surface area (TPSA) is 39.2 Å². The summed E-state index contributed by atoms with van der Waals surface area (Å²) in [5.41, 5.74) is 0.691. The van der Waals surface area contributed by atoms with Crippen molar-refractivity contribution in [2.75, 3.05) is 13.2 Å². The maximum Gasteiger partial charge on any atom is 0.167 e. The normalized spacial score (nSPS) is 17.7. The average Bonchev–Trinajstić information content (AvgIpc) is 2.29. The standard InChI is InChI=1S/C11H12BrNO2/c12-10-5-9(6-13-7-10)11(14)8-1-3-15-4-2-8/h5-8H,1-4H2. The summed E-state index contributed by atoms with van der Waals surface area (Å²) in [5, 5.41) is 0. The van der Waals surface area contributed by atoms with Gasteiger partial charge in [0.25, 0.3) is 0 Å². The number of aromatic nitrogens is 1. The number of halogens is 1. The molecule has 0 N–H and O–H groups in total. The number of carbonyl (C=O) groups excluding carboxylic acids is 1. The lowest BCUT2D eigenvalue weighted by molar-refractivity contribution is 0.0544. The maximum atomic E-state index is 12.0. The van der Waals surface area contributed by atoms with Crippen LogP contribution in [0, 0.1) is 5.92 Å². The second kappa shape index (κ2) is 4.86. The van der Waals surface area contributed by atoms with Crippen LogP contribution in [0.3, 0.4) is 0 Å². The third-order valence-electron chi connectivity index (χ3n) is 2.58. The molecule has 1 aliphatic heterocycles. The number of Topliss-reactive ketones (excluding diaryl/α,β-unsaturated/α-hetero) is 1. The average molecular weight is 270 g/mol. The van der Waals surface area contributed by atoms with Crippen molar-refractivity contribution in [2.24, 2.45) is 5.92 Å². The van der Waals surface area contributed by atoms with E-state index in [0.29, 0.717) is 18.8 Å². The van der Waals surface area contributed by atoms with Crippen molar-refractivity contribution < 1.29 is 9.53 Å². The minimum Gasteiger partial charge on any atom is -0.381 e. The number of nitrogens with zero attached hydrogens (tertiary/aromatic N) is 1. The lowest BCUT2D eigenvalue weighted by Gasteiger charge is -2.20. The van der Waals surface area contributed by atoms with Crippen molar-refractivity contribution in [1.29, 1.82) is 0 Å². The zero-order valence-electron chi connectivity index (χ0n) is 8.28. The van der Waals surface area contributed by atoms with Gasteiger partial charge in [-0.25, -0.2) is 0 Å². The molecule has 0 aliphatic carbocycles. The first kappa shape index (κ1) is 10.8. The Labute approximate surface area is 97.0 Å². The van der Waals surface area contributed by atoms with E-state index in [0.717, 1.165) is 17.3 Å². The van der Waals surface area contributed by atoms with Gasteiger partial charge < -0.3 is 4.74 Å². The van der Waals surface area contributed by atoms with Crippen LogP contribution in [0.1, 0.15) is 23.2 Å². The second-order valence-electron chi connectivity index (χ2n) is 3.64. The number of rotatable bonds is 2. The van der Waals surface area contributed by atoms with E-state index in [1.54, 1.807) is 12.4 Å². The Hall–Kier alpha value is -0.740. The lowest BCUT2D eigenvalue weighted by Crippen LogP contribution is -2.23. The van der Waals surface area contributed by atoms with Gasteiger partial charge >= 0.3 is 0 Å². The first-order valence-corrected chi connectivity index (χ1v) is 5.79. The molecule has 1 fully saturated rings. The van der Waals surface area contributed by atoms with Crippen molar-refractivity contribution in [3.8, 4) is 0 Å². The molecule has 80 valence electrons. The first-order chi connectivity index (χ1) is 7.27. The number of pyridine rings is 1. The van der Waals surface area contributed by atoms with Crippen LogP contribution in [0.4, 0.5) is 0 Å². The van der Waals surface area contributed by atoms with Crippen LogP contribution in [0.5, 0.6) is 0 Å². The number of hydrogen-bond donors (Lipinski definition) is 0. The van der Waals surface area contributed by atoms with Crippen LogP contribution in [0.15, 0.2) is 22.9 Å². The molecule has 0 unspecified atom stereocenters. The smallest absolute Gasteiger partial charge is 0.167 e. The minimum absolute atomic E-state index is 0.106. The number of ketones is 1. The van der Waals surface area contributed by atoms with E-state index in [9.17, 15) is 4.79 Å². The van der Waals surface area contributed by atoms with Crippen LogP contribution in [-0.2, 0) is 4.74 Å². The van der Waals surface area contributed by atoms with Crippen molar-refractivity contribution in [3.63, 3.8) is 0 Å². The van der Waals surface area contributed by atoms with E-state index in [-0.39, 0.29) is 11.7 Å². The maximum absolute atomic E-state index is 12.0. The summed E-state index contributed by atoms with van der Waals surface area (Å²) in [7, 11) is 0. The third kappa shape index (κ3) is 2.63. The van der Waals surface area contributed by atoms with Crippen molar-refractivity contribution in [3.05, 3.63) is 28.5 Å². The summed E-state index contributed by atoms with van der Waals surface area (Å²) in [6.07, 6.45) is 4.96. The Balaban J connectivity index is 2.12. The summed E-state index contributed by atoms with van der Waals surface area (Å²) in [6.45, 7) is 1.38. The monoisotopic (exact) mass is 269 g/mol. The molecule has 1 aliphatic rings. The van der Waals surface area contributed by atoms with Crippen molar-refractivity contribution in [1.82, 2.24) is 4.98 Å². The van der Waals surface area contributed by atoms with Crippen LogP contribution in [0.2, 0.25) is 0 Å². The van der Waals surface area contributed by atoms with E-state index in [1.807, 2.05) is 6.07 Å². The molecule has 1 aromatic rings. The summed E-state index contributed by atoms with van der Waals surface area (Å²) < 4.78 is 6.08. The zero-order valence-corrected chi connectivity index (χ0v) is 9.87. The minimum atomic E-state index is 0.106. The molecule has 1 aromatic heterocycles. The number of ether oxygens (including phenoxy) is 1. The molecule has 4 heteroatoms. The molecule has 0 bridgehead atoms. The van der Waals surface area contributed by atoms with E-state index in [4.69, 9.17) is 4.74 Å². The summed E-state index contributed by atoms with van der Waals surface area (Å²) in [6, 6.07) is 1.82. The van der Waals surface area contributed by atoms with Crippen molar-refractivity contribution in [2.45, 2.75) is 12.8 Å². The highest BCUT2D eigenvalue weighted by molar-refractivity contribution is 9.10. The highest BCUT2D eigenvalue weighted by Gasteiger charge is 2.22. The zero-order chi connectivity index (χ0) is 10.7. The molecule has 2 rings (SSSR count). The van der Waals surface area contributed by atoms with Gasteiger partial charge in [-0.3, -0.25) is 9.78 Å². The van der Waals surface area contributed by atoms with Gasteiger partial charge in [0.2, 0.25) is 0 Å². The summed E-state index contributed by atoms with van der Waals surface area (Å²) >= 11 is 3.32. The van der Waals surface area contributed by atoms with Gasteiger partial charge in [-0.05, 0) is 34.8 Å². The van der Waals surface area contributed by atoms with Gasteiger partial charge in [0.15, 0.2) is 5.78 Å². The Bertz CT molecular complexity index is 361. The van der Waals surface area contributed by atoms with E-state index >= 15 is 0 Å². The molecule has 2 heterocycles. The van der Waals surface area contributed by atoms with Crippen LogP contribution in [0.25, 0.3) is 0 Å². The molecule has 15 heavy (non-hydrogen) atoms. The molecular weight excluding hydrogens is 258 g/mol. The highest BCUT2D eigenvalue weighted by Crippen LogP contribution is 2.21. The van der Waals surface area contributed by atoms with Gasteiger partial charge in [-0.15, -0.1) is 0 Å². The van der Waals surface area contributed by atoms with Gasteiger partial charge in [0, 0.05) is 41.6 Å². The molecule has 0 saturated carbocycles. The Morgan fingerprint density at radius 1 is 1.40 bits per heavy atom. The quantitative estimate of drug-likeness (QED) is 0.775. The molecular formula is C11H12BrNO2. The molecule has 1 saturated heterocycles. The molecule has 0 atom stereocenters. The van der Waals surface area contributed by atoms with E-state index in [2.05, 4.69) is 20.9 Å². The van der Waals surface area contributed by atoms with Gasteiger partial charge in [0.1, 0.15) is 0 Å². The van der Waals surface area contributed by atoms with Crippen molar-refractivity contribution >= 4 is 21.7 Å². The lowest BCUT2D eigenvalue weighted by atomic mass is 9.92. The SMILES string of the molecule is O=C(c1cncc(Br)c1)C1CCOCC1. The van der Waals surface area contributed by atoms with Gasteiger partial charge in [-0.2, -0.15) is 0 Å². The largest absolute Gasteiger partial charge is 0.381 e. The summed E-state index contributed by atoms with van der Waals surface area (Å²) in [5.74, 6) is 0.293. The van der Waals surface area contributed by atoms with E-state index in [1.165, 1.54) is 0 Å². The fourth-order valence-electron chi connectivity index (χ4n) is 1.74. The Morgan fingerprint density at radius 2 is 2.13 bits per heavy atom. The number of hydrogen-bond acceptors (Lipinski definition) is 3. The highest BCUT2D eigenvalue weighted by atomic mass is 79.9. The predicted octanol–water partition coefficient (Wildman–Crippen LogP) is 2.45. The molecule has 0 radical (unpaired) electrons. The number of carbonyl (C=O) groups is 1. The van der Waals surface area contributed by atoms with Gasteiger partial charge in [0.05, 0.1) is 0 Å². The fraction of sp³-hybridized carbons (Fsp3) is 0.455. The Kier molecular flexibility index (Phi) is 3.49. The molecule has 0 spiro atoms. The first-order valence-electron chi connectivity index (χ1n) is 5.00. The molecule has 0 amide bonds. The second-order valence-corrected chi connectivity index (χ2v) is 4.56.